The molecule has 1 amide bonds. The molecule has 8 heteroatoms. The third-order valence-corrected chi connectivity index (χ3v) is 6.23. The molecule has 3 aromatic rings. The summed E-state index contributed by atoms with van der Waals surface area (Å²) in [4.78, 5) is 25.9. The lowest BCUT2D eigenvalue weighted by Crippen LogP contribution is -2.21. The van der Waals surface area contributed by atoms with Crippen LogP contribution < -0.4 is 10.2 Å². The molecule has 0 spiro atoms. The van der Waals surface area contributed by atoms with Gasteiger partial charge in [0.25, 0.3) is 5.91 Å². The van der Waals surface area contributed by atoms with E-state index in [1.165, 1.54) is 22.7 Å². The molecule has 0 fully saturated rings. The van der Waals surface area contributed by atoms with Gasteiger partial charge in [-0.1, -0.05) is 11.3 Å². The second kappa shape index (κ2) is 6.31. The van der Waals surface area contributed by atoms with Gasteiger partial charge in [-0.15, -0.1) is 22.7 Å². The van der Waals surface area contributed by atoms with E-state index in [0.717, 1.165) is 32.6 Å². The minimum atomic E-state index is -0.117. The van der Waals surface area contributed by atoms with Crippen LogP contribution >= 0.6 is 34.0 Å². The van der Waals surface area contributed by atoms with Gasteiger partial charge < -0.3 is 4.90 Å². The molecule has 0 unspecified atom stereocenters. The Morgan fingerprint density at radius 1 is 1.27 bits per heavy atom. The largest absolute Gasteiger partial charge is 0.349 e. The maximum absolute atomic E-state index is 12.3. The Balaban J connectivity index is 1.80. The van der Waals surface area contributed by atoms with E-state index < -0.39 is 0 Å². The quantitative estimate of drug-likeness (QED) is 0.747. The van der Waals surface area contributed by atoms with Crippen LogP contribution in [0.2, 0.25) is 0 Å². The lowest BCUT2D eigenvalue weighted by molar-refractivity contribution is 0.103. The Labute approximate surface area is 140 Å². The maximum Gasteiger partial charge on any atom is 0.267 e. The fourth-order valence-electron chi connectivity index (χ4n) is 2.04. The molecule has 0 aliphatic heterocycles. The molecule has 0 radical (unpaired) electrons. The molecule has 0 saturated heterocycles. The summed E-state index contributed by atoms with van der Waals surface area (Å²) in [5, 5.41) is 4.49. The third kappa shape index (κ3) is 2.99. The number of rotatable bonds is 5. The average Bonchev–Trinajstić information content (AvgIpc) is 3.15. The summed E-state index contributed by atoms with van der Waals surface area (Å²) in [7, 11) is 0. The molecule has 116 valence electrons. The van der Waals surface area contributed by atoms with Crippen molar-refractivity contribution >= 4 is 59.7 Å². The smallest absolute Gasteiger partial charge is 0.267 e. The van der Waals surface area contributed by atoms with Gasteiger partial charge in [-0.05, 0) is 26.8 Å². The molecule has 0 saturated carbocycles. The van der Waals surface area contributed by atoms with Crippen molar-refractivity contribution in [3.63, 3.8) is 0 Å². The Morgan fingerprint density at radius 2 is 2.05 bits per heavy atom. The molecular weight excluding hydrogens is 336 g/mol. The second-order valence-electron chi connectivity index (χ2n) is 4.68. The summed E-state index contributed by atoms with van der Waals surface area (Å²) in [5.74, 6) is -0.117. The summed E-state index contributed by atoms with van der Waals surface area (Å²) in [6, 6.07) is 1.92. The molecule has 5 nitrogen and oxygen atoms in total. The zero-order valence-corrected chi connectivity index (χ0v) is 15.0. The molecule has 3 aromatic heterocycles. The van der Waals surface area contributed by atoms with Crippen LogP contribution in [0.3, 0.4) is 0 Å². The number of fused-ring (bicyclic) bond motifs is 1. The number of hydrogen-bond donors (Lipinski definition) is 1. The fourth-order valence-corrected chi connectivity index (χ4v) is 4.93. The molecule has 0 aliphatic rings. The summed E-state index contributed by atoms with van der Waals surface area (Å²) in [6.45, 7) is 8.08. The molecule has 3 rings (SSSR count). The van der Waals surface area contributed by atoms with Gasteiger partial charge in [0.15, 0.2) is 10.3 Å². The van der Waals surface area contributed by atoms with Crippen LogP contribution in [0.1, 0.15) is 28.4 Å². The van der Waals surface area contributed by atoms with Crippen LogP contribution in [0, 0.1) is 6.92 Å². The number of thiazole rings is 2. The van der Waals surface area contributed by atoms with E-state index in [1.807, 2.05) is 13.0 Å². The Hall–Kier alpha value is -1.51. The van der Waals surface area contributed by atoms with Gasteiger partial charge in [-0.25, -0.2) is 9.97 Å². The first-order chi connectivity index (χ1) is 10.6. The van der Waals surface area contributed by atoms with Crippen LogP contribution in [-0.4, -0.2) is 29.0 Å². The first-order valence-electron chi connectivity index (χ1n) is 6.99. The van der Waals surface area contributed by atoms with Gasteiger partial charge in [0.05, 0.1) is 9.58 Å². The number of aromatic nitrogens is 2. The van der Waals surface area contributed by atoms with Crippen LogP contribution in [0.5, 0.6) is 0 Å². The normalized spacial score (nSPS) is 11.0. The first-order valence-corrected chi connectivity index (χ1v) is 9.44. The van der Waals surface area contributed by atoms with Gasteiger partial charge in [-0.2, -0.15) is 0 Å². The van der Waals surface area contributed by atoms with Crippen molar-refractivity contribution in [2.75, 3.05) is 23.3 Å². The van der Waals surface area contributed by atoms with Crippen LogP contribution in [0.4, 0.5) is 10.3 Å². The number of hydrogen-bond acceptors (Lipinski definition) is 7. The van der Waals surface area contributed by atoms with Crippen LogP contribution in [-0.2, 0) is 0 Å². The summed E-state index contributed by atoms with van der Waals surface area (Å²) in [5.41, 5.74) is 0. The number of carbonyl (C=O) groups excluding carboxylic acids is 1. The number of nitrogens with zero attached hydrogens (tertiary/aromatic N) is 3. The van der Waals surface area contributed by atoms with Gasteiger partial charge >= 0.3 is 0 Å². The molecule has 1 N–H and O–H groups in total. The molecule has 0 aromatic carbocycles. The molecule has 0 atom stereocenters. The third-order valence-electron chi connectivity index (χ3n) is 3.18. The lowest BCUT2D eigenvalue weighted by atomic mass is 10.4. The number of aryl methyl sites for hydroxylation is 1. The summed E-state index contributed by atoms with van der Waals surface area (Å²) >= 11 is 4.54. The van der Waals surface area contributed by atoms with Crippen molar-refractivity contribution in [1.29, 1.82) is 0 Å². The topological polar surface area (TPSA) is 58.1 Å². The number of nitrogens with one attached hydrogen (secondary N) is 1. The molecule has 0 bridgehead atoms. The highest BCUT2D eigenvalue weighted by Gasteiger charge is 2.16. The maximum atomic E-state index is 12.3. The lowest BCUT2D eigenvalue weighted by Gasteiger charge is -2.16. The zero-order chi connectivity index (χ0) is 15.7. The molecule has 0 aliphatic carbocycles. The number of amides is 1. The average molecular weight is 353 g/mol. The molecular formula is C14H16N4OS3. The van der Waals surface area contributed by atoms with Crippen LogP contribution in [0.25, 0.3) is 9.53 Å². The van der Waals surface area contributed by atoms with Crippen molar-refractivity contribution in [3.8, 4) is 0 Å². The Morgan fingerprint density at radius 3 is 2.64 bits per heavy atom. The zero-order valence-electron chi connectivity index (χ0n) is 12.5. The van der Waals surface area contributed by atoms with Crippen LogP contribution in [0.15, 0.2) is 12.3 Å². The predicted molar refractivity (Wildman–Crippen MR) is 95.9 cm³/mol. The van der Waals surface area contributed by atoms with Gasteiger partial charge in [-0.3, -0.25) is 10.1 Å². The van der Waals surface area contributed by atoms with E-state index in [-0.39, 0.29) is 5.91 Å². The second-order valence-corrected chi connectivity index (χ2v) is 7.95. The van der Waals surface area contributed by atoms with E-state index in [4.69, 9.17) is 0 Å². The van der Waals surface area contributed by atoms with E-state index in [2.05, 4.69) is 34.0 Å². The Kier molecular flexibility index (Phi) is 4.42. The Bertz CT molecular complexity index is 769. The van der Waals surface area contributed by atoms with E-state index in [9.17, 15) is 4.79 Å². The first kappa shape index (κ1) is 15.4. The van der Waals surface area contributed by atoms with Gasteiger partial charge in [0.2, 0.25) is 0 Å². The molecule has 22 heavy (non-hydrogen) atoms. The van der Waals surface area contributed by atoms with E-state index in [1.54, 1.807) is 17.5 Å². The van der Waals surface area contributed by atoms with Crippen molar-refractivity contribution in [1.82, 2.24) is 9.97 Å². The highest BCUT2D eigenvalue weighted by Crippen LogP contribution is 2.35. The SMILES string of the molecule is CCN(CC)c1nc2sc(C(=O)Nc3ncc(C)s3)cc2s1. The number of anilines is 2. The van der Waals surface area contributed by atoms with E-state index in [0.29, 0.717) is 10.0 Å². The van der Waals surface area contributed by atoms with Gasteiger partial charge in [0.1, 0.15) is 4.83 Å². The minimum Gasteiger partial charge on any atom is -0.349 e. The number of carbonyl (C=O) groups is 1. The number of thiophene rings is 1. The van der Waals surface area contributed by atoms with Crippen molar-refractivity contribution < 1.29 is 4.79 Å². The van der Waals surface area contributed by atoms with E-state index >= 15 is 0 Å². The monoisotopic (exact) mass is 352 g/mol. The van der Waals surface area contributed by atoms with Gasteiger partial charge in [0, 0.05) is 24.2 Å². The summed E-state index contributed by atoms with van der Waals surface area (Å²) < 4.78 is 1.06. The van der Waals surface area contributed by atoms with Crippen molar-refractivity contribution in [2.45, 2.75) is 20.8 Å². The highest BCUT2D eigenvalue weighted by molar-refractivity contribution is 7.29. The minimum absolute atomic E-state index is 0.117. The fraction of sp³-hybridized carbons (Fsp3) is 0.357. The van der Waals surface area contributed by atoms with Crippen molar-refractivity contribution in [2.24, 2.45) is 0 Å². The standard InChI is InChI=1S/C14H16N4OS3/c1-4-18(5-2)14-17-12-10(22-14)6-9(21-12)11(19)16-13-15-7-8(3)20-13/h6-7H,4-5H2,1-3H3,(H,15,16,19). The highest BCUT2D eigenvalue weighted by atomic mass is 32.1. The molecule has 3 heterocycles. The summed E-state index contributed by atoms with van der Waals surface area (Å²) in [6.07, 6.45) is 1.76. The predicted octanol–water partition coefficient (Wildman–Crippen LogP) is 4.22. The van der Waals surface area contributed by atoms with Crippen molar-refractivity contribution in [3.05, 3.63) is 22.0 Å².